The quantitative estimate of drug-likeness (QED) is 0.902. The summed E-state index contributed by atoms with van der Waals surface area (Å²) in [6.45, 7) is 6.11. The largest absolute Gasteiger partial charge is 0.388 e. The zero-order valence-electron chi connectivity index (χ0n) is 10.4. The fourth-order valence-corrected chi connectivity index (χ4v) is 2.57. The zero-order chi connectivity index (χ0) is 12.4. The molecule has 0 aliphatic carbocycles. The lowest BCUT2D eigenvalue weighted by atomic mass is 9.97. The molecule has 3 heteroatoms. The normalized spacial score (nSPS) is 12.7. The van der Waals surface area contributed by atoms with Crippen molar-refractivity contribution in [2.24, 2.45) is 0 Å². The predicted octanol–water partition coefficient (Wildman–Crippen LogP) is 3.34. The van der Waals surface area contributed by atoms with E-state index in [0.29, 0.717) is 6.42 Å². The number of hydrogen-bond donors (Lipinski definition) is 1. The third-order valence-electron chi connectivity index (χ3n) is 3.07. The van der Waals surface area contributed by atoms with Gasteiger partial charge in [-0.25, -0.2) is 4.98 Å². The first-order valence-corrected chi connectivity index (χ1v) is 6.61. The molecule has 2 nitrogen and oxygen atoms in total. The lowest BCUT2D eigenvalue weighted by molar-refractivity contribution is 0.176. The molecule has 1 atom stereocenters. The predicted molar refractivity (Wildman–Crippen MR) is 71.4 cm³/mol. The summed E-state index contributed by atoms with van der Waals surface area (Å²) in [4.78, 5) is 4.39. The van der Waals surface area contributed by atoms with E-state index >= 15 is 0 Å². The smallest absolute Gasteiger partial charge is 0.0897 e. The van der Waals surface area contributed by atoms with E-state index in [1.54, 1.807) is 11.3 Å². The number of nitrogens with zero attached hydrogens (tertiary/aromatic N) is 1. The van der Waals surface area contributed by atoms with Gasteiger partial charge in [-0.2, -0.15) is 0 Å². The van der Waals surface area contributed by atoms with Gasteiger partial charge in [-0.05, 0) is 37.5 Å². The van der Waals surface area contributed by atoms with Gasteiger partial charge < -0.3 is 5.11 Å². The van der Waals surface area contributed by atoms with Crippen LogP contribution in [0.15, 0.2) is 23.6 Å². The minimum absolute atomic E-state index is 0.462. The van der Waals surface area contributed by atoms with Crippen molar-refractivity contribution in [1.29, 1.82) is 0 Å². The van der Waals surface area contributed by atoms with Crippen LogP contribution in [0.3, 0.4) is 0 Å². The summed E-state index contributed by atoms with van der Waals surface area (Å²) in [5.41, 5.74) is 4.37. The third kappa shape index (κ3) is 2.73. The minimum atomic E-state index is -0.462. The first-order chi connectivity index (χ1) is 8.08. The topological polar surface area (TPSA) is 33.1 Å². The lowest BCUT2D eigenvalue weighted by Gasteiger charge is -2.14. The maximum absolute atomic E-state index is 10.3. The van der Waals surface area contributed by atoms with E-state index < -0.39 is 6.10 Å². The molecule has 1 aromatic carbocycles. The Balaban J connectivity index is 2.20. The molecule has 0 saturated carbocycles. The van der Waals surface area contributed by atoms with E-state index in [2.05, 4.69) is 24.9 Å². The highest BCUT2D eigenvalue weighted by molar-refractivity contribution is 7.09. The molecule has 1 N–H and O–H groups in total. The zero-order valence-corrected chi connectivity index (χ0v) is 11.2. The van der Waals surface area contributed by atoms with Crippen LogP contribution in [0.2, 0.25) is 0 Å². The highest BCUT2D eigenvalue weighted by atomic mass is 32.1. The van der Waals surface area contributed by atoms with E-state index in [0.717, 1.165) is 16.3 Å². The fourth-order valence-electron chi connectivity index (χ4n) is 1.94. The van der Waals surface area contributed by atoms with E-state index in [4.69, 9.17) is 0 Å². The second-order valence-corrected chi connectivity index (χ2v) is 5.43. The molecule has 17 heavy (non-hydrogen) atoms. The number of aromatic nitrogens is 1. The van der Waals surface area contributed by atoms with Crippen LogP contribution in [0.25, 0.3) is 0 Å². The summed E-state index contributed by atoms with van der Waals surface area (Å²) in [7, 11) is 0. The molecule has 0 bridgehead atoms. The molecule has 0 spiro atoms. The van der Waals surface area contributed by atoms with Gasteiger partial charge in [-0.1, -0.05) is 18.2 Å². The van der Waals surface area contributed by atoms with E-state index in [1.807, 2.05) is 24.4 Å². The van der Waals surface area contributed by atoms with Crippen molar-refractivity contribution in [3.63, 3.8) is 0 Å². The molecule has 0 amide bonds. The molecule has 1 unspecified atom stereocenters. The second kappa shape index (κ2) is 4.98. The number of rotatable bonds is 3. The van der Waals surface area contributed by atoms with E-state index in [-0.39, 0.29) is 0 Å². The monoisotopic (exact) mass is 247 g/mol. The molecule has 1 heterocycles. The van der Waals surface area contributed by atoms with Gasteiger partial charge in [0.05, 0.1) is 16.8 Å². The Kier molecular flexibility index (Phi) is 3.60. The van der Waals surface area contributed by atoms with Gasteiger partial charge in [0.25, 0.3) is 0 Å². The number of hydrogen-bond acceptors (Lipinski definition) is 3. The van der Waals surface area contributed by atoms with Gasteiger partial charge in [0.2, 0.25) is 0 Å². The van der Waals surface area contributed by atoms with Crippen LogP contribution in [0.4, 0.5) is 0 Å². The Morgan fingerprint density at radius 3 is 2.71 bits per heavy atom. The van der Waals surface area contributed by atoms with Crippen molar-refractivity contribution in [2.75, 3.05) is 0 Å². The molecule has 2 rings (SSSR count). The van der Waals surface area contributed by atoms with Crippen molar-refractivity contribution in [3.05, 3.63) is 51.0 Å². The molecule has 0 fully saturated rings. The van der Waals surface area contributed by atoms with Crippen LogP contribution in [0, 0.1) is 20.8 Å². The number of benzene rings is 1. The molecule has 2 aromatic rings. The van der Waals surface area contributed by atoms with Gasteiger partial charge >= 0.3 is 0 Å². The Labute approximate surface area is 106 Å². The summed E-state index contributed by atoms with van der Waals surface area (Å²) >= 11 is 1.63. The van der Waals surface area contributed by atoms with Crippen LogP contribution in [0.1, 0.15) is 33.5 Å². The van der Waals surface area contributed by atoms with E-state index in [1.165, 1.54) is 11.1 Å². The van der Waals surface area contributed by atoms with Crippen molar-refractivity contribution in [1.82, 2.24) is 4.98 Å². The van der Waals surface area contributed by atoms with Gasteiger partial charge in [0.1, 0.15) is 0 Å². The number of aliphatic hydroxyl groups is 1. The van der Waals surface area contributed by atoms with Crippen molar-refractivity contribution < 1.29 is 5.11 Å². The standard InChI is InChI=1S/C14H17NOS/c1-9-5-4-6-13(10(9)2)14(16)7-12-8-17-11(3)15-12/h4-6,8,14,16H,7H2,1-3H3. The van der Waals surface area contributed by atoms with Gasteiger partial charge in [-0.3, -0.25) is 0 Å². The molecule has 0 aliphatic rings. The SMILES string of the molecule is Cc1nc(CC(O)c2cccc(C)c2C)cs1. The maximum atomic E-state index is 10.3. The maximum Gasteiger partial charge on any atom is 0.0897 e. The van der Waals surface area contributed by atoms with Crippen LogP contribution in [-0.2, 0) is 6.42 Å². The van der Waals surface area contributed by atoms with E-state index in [9.17, 15) is 5.11 Å². The van der Waals surface area contributed by atoms with Gasteiger partial charge in [0, 0.05) is 11.8 Å². The molecular weight excluding hydrogens is 230 g/mol. The van der Waals surface area contributed by atoms with Gasteiger partial charge in [0.15, 0.2) is 0 Å². The number of aliphatic hydroxyl groups excluding tert-OH is 1. The summed E-state index contributed by atoms with van der Waals surface area (Å²) in [6.07, 6.45) is 0.130. The van der Waals surface area contributed by atoms with Crippen LogP contribution >= 0.6 is 11.3 Å². The van der Waals surface area contributed by atoms with Crippen LogP contribution in [0.5, 0.6) is 0 Å². The summed E-state index contributed by atoms with van der Waals surface area (Å²) in [5, 5.41) is 13.3. The average molecular weight is 247 g/mol. The molecule has 1 aromatic heterocycles. The highest BCUT2D eigenvalue weighted by Gasteiger charge is 2.13. The van der Waals surface area contributed by atoms with Crippen molar-refractivity contribution in [3.8, 4) is 0 Å². The Morgan fingerprint density at radius 2 is 2.06 bits per heavy atom. The first-order valence-electron chi connectivity index (χ1n) is 5.73. The van der Waals surface area contributed by atoms with Gasteiger partial charge in [-0.15, -0.1) is 11.3 Å². The average Bonchev–Trinajstić information content (AvgIpc) is 2.68. The Morgan fingerprint density at radius 1 is 1.29 bits per heavy atom. The van der Waals surface area contributed by atoms with Crippen molar-refractivity contribution in [2.45, 2.75) is 33.3 Å². The van der Waals surface area contributed by atoms with Crippen LogP contribution in [-0.4, -0.2) is 10.1 Å². The first kappa shape index (κ1) is 12.3. The van der Waals surface area contributed by atoms with Crippen LogP contribution < -0.4 is 0 Å². The highest BCUT2D eigenvalue weighted by Crippen LogP contribution is 2.24. The molecule has 0 radical (unpaired) electrons. The molecule has 90 valence electrons. The molecule has 0 saturated heterocycles. The summed E-state index contributed by atoms with van der Waals surface area (Å²) < 4.78 is 0. The Hall–Kier alpha value is -1.19. The molecular formula is C14H17NOS. The summed E-state index contributed by atoms with van der Waals surface area (Å²) in [6, 6.07) is 6.05. The third-order valence-corrected chi connectivity index (χ3v) is 3.90. The number of aryl methyl sites for hydroxylation is 2. The Bertz CT molecular complexity index is 519. The molecule has 0 aliphatic heterocycles. The fraction of sp³-hybridized carbons (Fsp3) is 0.357. The lowest BCUT2D eigenvalue weighted by Crippen LogP contribution is -2.05. The number of thiazole rings is 1. The summed E-state index contributed by atoms with van der Waals surface area (Å²) in [5.74, 6) is 0. The second-order valence-electron chi connectivity index (χ2n) is 4.37. The minimum Gasteiger partial charge on any atom is -0.388 e. The van der Waals surface area contributed by atoms with Crippen molar-refractivity contribution >= 4 is 11.3 Å².